The quantitative estimate of drug-likeness (QED) is 0.718. The van der Waals surface area contributed by atoms with E-state index in [1.54, 1.807) is 0 Å². The molecule has 0 spiro atoms. The fourth-order valence-electron chi connectivity index (χ4n) is 1.14. The molecule has 0 amide bonds. The van der Waals surface area contributed by atoms with Gasteiger partial charge in [-0.05, 0) is 31.0 Å². The molecule has 1 aromatic heterocycles. The molecule has 0 aliphatic carbocycles. The van der Waals surface area contributed by atoms with Crippen LogP contribution in [-0.4, -0.2) is 11.5 Å². The second-order valence-corrected chi connectivity index (χ2v) is 2.77. The molecule has 12 heavy (non-hydrogen) atoms. The molecular formula is C10H14N2. The highest BCUT2D eigenvalue weighted by atomic mass is 14.7. The van der Waals surface area contributed by atoms with E-state index in [0.29, 0.717) is 6.54 Å². The van der Waals surface area contributed by atoms with Gasteiger partial charge in [0.15, 0.2) is 0 Å². The van der Waals surface area contributed by atoms with Crippen molar-refractivity contribution in [1.29, 1.82) is 0 Å². The Balaban J connectivity index is 3.04. The fraction of sp³-hybridized carbons (Fsp3) is 0.300. The van der Waals surface area contributed by atoms with Gasteiger partial charge in [0.2, 0.25) is 0 Å². The molecule has 0 aliphatic heterocycles. The summed E-state index contributed by atoms with van der Waals surface area (Å²) in [7, 11) is 0. The molecule has 2 heteroatoms. The number of nitrogens with zero attached hydrogens (tertiary/aromatic N) is 1. The van der Waals surface area contributed by atoms with E-state index >= 15 is 0 Å². The van der Waals surface area contributed by atoms with E-state index in [9.17, 15) is 0 Å². The van der Waals surface area contributed by atoms with Crippen molar-refractivity contribution < 1.29 is 0 Å². The largest absolute Gasteiger partial charge is 0.327 e. The van der Waals surface area contributed by atoms with Gasteiger partial charge in [-0.2, -0.15) is 0 Å². The van der Waals surface area contributed by atoms with Gasteiger partial charge in [0.05, 0.1) is 0 Å². The second-order valence-electron chi connectivity index (χ2n) is 2.77. The van der Waals surface area contributed by atoms with Crippen LogP contribution in [0.4, 0.5) is 0 Å². The number of nitrogens with two attached hydrogens (primary N) is 1. The number of hydrogen-bond acceptors (Lipinski definition) is 2. The number of aryl methyl sites for hydroxylation is 2. The van der Waals surface area contributed by atoms with Crippen LogP contribution in [0.2, 0.25) is 0 Å². The number of aromatic nitrogens is 1. The summed E-state index contributed by atoms with van der Waals surface area (Å²) in [5.41, 5.74) is 8.85. The Labute approximate surface area is 73.1 Å². The van der Waals surface area contributed by atoms with Gasteiger partial charge in [-0.15, -0.1) is 0 Å². The number of hydrogen-bond donors (Lipinski definition) is 1. The first-order chi connectivity index (χ1) is 5.75. The molecule has 0 aromatic carbocycles. The van der Waals surface area contributed by atoms with E-state index in [2.05, 4.69) is 11.9 Å². The highest BCUT2D eigenvalue weighted by molar-refractivity contribution is 5.55. The van der Waals surface area contributed by atoms with E-state index in [1.807, 2.05) is 31.3 Å². The van der Waals surface area contributed by atoms with Gasteiger partial charge in [0.1, 0.15) is 0 Å². The third kappa shape index (κ3) is 1.92. The van der Waals surface area contributed by atoms with Crippen molar-refractivity contribution in [3.05, 3.63) is 35.2 Å². The monoisotopic (exact) mass is 162 g/mol. The van der Waals surface area contributed by atoms with Crippen molar-refractivity contribution in [1.82, 2.24) is 4.98 Å². The topological polar surface area (TPSA) is 38.9 Å². The third-order valence-electron chi connectivity index (χ3n) is 1.83. The Bertz CT molecular complexity index is 270. The van der Waals surface area contributed by atoms with E-state index < -0.39 is 0 Å². The SMILES string of the molecule is Cc1ccnc(C)c1/C=C/CN. The lowest BCUT2D eigenvalue weighted by atomic mass is 10.1. The van der Waals surface area contributed by atoms with Crippen LogP contribution in [0.3, 0.4) is 0 Å². The summed E-state index contributed by atoms with van der Waals surface area (Å²) in [6.07, 6.45) is 5.79. The average molecular weight is 162 g/mol. The zero-order chi connectivity index (χ0) is 8.97. The highest BCUT2D eigenvalue weighted by Gasteiger charge is 1.97. The zero-order valence-electron chi connectivity index (χ0n) is 7.54. The van der Waals surface area contributed by atoms with Crippen molar-refractivity contribution in [2.45, 2.75) is 13.8 Å². The van der Waals surface area contributed by atoms with Gasteiger partial charge in [0, 0.05) is 18.4 Å². The lowest BCUT2D eigenvalue weighted by molar-refractivity contribution is 1.16. The lowest BCUT2D eigenvalue weighted by Crippen LogP contribution is -1.94. The first-order valence-corrected chi connectivity index (χ1v) is 4.04. The predicted molar refractivity (Wildman–Crippen MR) is 51.8 cm³/mol. The van der Waals surface area contributed by atoms with Gasteiger partial charge in [-0.25, -0.2) is 0 Å². The standard InChI is InChI=1S/C10H14N2/c1-8-5-7-12-9(2)10(8)4-3-6-11/h3-5,7H,6,11H2,1-2H3/b4-3+. The molecule has 2 N–H and O–H groups in total. The van der Waals surface area contributed by atoms with Crippen LogP contribution in [0.1, 0.15) is 16.8 Å². The summed E-state index contributed by atoms with van der Waals surface area (Å²) < 4.78 is 0. The Hall–Kier alpha value is -1.15. The van der Waals surface area contributed by atoms with Gasteiger partial charge in [0.25, 0.3) is 0 Å². The molecule has 0 aliphatic rings. The molecule has 1 rings (SSSR count). The maximum atomic E-state index is 5.37. The van der Waals surface area contributed by atoms with E-state index in [0.717, 1.165) is 5.69 Å². The molecule has 2 nitrogen and oxygen atoms in total. The minimum Gasteiger partial charge on any atom is -0.327 e. The predicted octanol–water partition coefficient (Wildman–Crippen LogP) is 1.67. The smallest absolute Gasteiger partial charge is 0.0447 e. The maximum absolute atomic E-state index is 5.37. The van der Waals surface area contributed by atoms with Crippen LogP contribution in [0.15, 0.2) is 18.3 Å². The molecule has 0 saturated heterocycles. The zero-order valence-corrected chi connectivity index (χ0v) is 7.54. The number of rotatable bonds is 2. The Morgan fingerprint density at radius 2 is 2.25 bits per heavy atom. The van der Waals surface area contributed by atoms with Crippen molar-refractivity contribution in [3.8, 4) is 0 Å². The molecule has 0 fully saturated rings. The van der Waals surface area contributed by atoms with Crippen LogP contribution in [0.5, 0.6) is 0 Å². The lowest BCUT2D eigenvalue weighted by Gasteiger charge is -2.02. The van der Waals surface area contributed by atoms with Crippen LogP contribution in [-0.2, 0) is 0 Å². The highest BCUT2D eigenvalue weighted by Crippen LogP contribution is 2.11. The normalized spacial score (nSPS) is 10.9. The summed E-state index contributed by atoms with van der Waals surface area (Å²) in [4.78, 5) is 4.20. The summed E-state index contributed by atoms with van der Waals surface area (Å²) in [5, 5.41) is 0. The maximum Gasteiger partial charge on any atom is 0.0447 e. The van der Waals surface area contributed by atoms with E-state index in [-0.39, 0.29) is 0 Å². The molecular weight excluding hydrogens is 148 g/mol. The Kier molecular flexibility index (Phi) is 3.00. The van der Waals surface area contributed by atoms with Gasteiger partial charge >= 0.3 is 0 Å². The average Bonchev–Trinajstić information content (AvgIpc) is 2.04. The minimum absolute atomic E-state index is 0.577. The molecule has 0 atom stereocenters. The van der Waals surface area contributed by atoms with Crippen LogP contribution in [0, 0.1) is 13.8 Å². The summed E-state index contributed by atoms with van der Waals surface area (Å²) >= 11 is 0. The van der Waals surface area contributed by atoms with Crippen LogP contribution < -0.4 is 5.73 Å². The summed E-state index contributed by atoms with van der Waals surface area (Å²) in [6, 6.07) is 2.00. The first kappa shape index (κ1) is 8.94. The molecule has 1 heterocycles. The molecule has 0 unspecified atom stereocenters. The fourth-order valence-corrected chi connectivity index (χ4v) is 1.14. The van der Waals surface area contributed by atoms with Crippen molar-refractivity contribution in [2.24, 2.45) is 5.73 Å². The third-order valence-corrected chi connectivity index (χ3v) is 1.83. The van der Waals surface area contributed by atoms with Gasteiger partial charge < -0.3 is 5.73 Å². The molecule has 0 radical (unpaired) electrons. The van der Waals surface area contributed by atoms with E-state index in [4.69, 9.17) is 5.73 Å². The number of pyridine rings is 1. The van der Waals surface area contributed by atoms with Crippen molar-refractivity contribution in [2.75, 3.05) is 6.54 Å². The minimum atomic E-state index is 0.577. The van der Waals surface area contributed by atoms with E-state index in [1.165, 1.54) is 11.1 Å². The Morgan fingerprint density at radius 3 is 2.83 bits per heavy atom. The summed E-state index contributed by atoms with van der Waals surface area (Å²) in [5.74, 6) is 0. The van der Waals surface area contributed by atoms with Crippen LogP contribution in [0.25, 0.3) is 6.08 Å². The molecule has 1 aromatic rings. The van der Waals surface area contributed by atoms with Crippen molar-refractivity contribution in [3.63, 3.8) is 0 Å². The molecule has 64 valence electrons. The van der Waals surface area contributed by atoms with Gasteiger partial charge in [-0.3, -0.25) is 4.98 Å². The molecule has 0 saturated carbocycles. The van der Waals surface area contributed by atoms with Crippen LogP contribution >= 0.6 is 0 Å². The Morgan fingerprint density at radius 1 is 1.50 bits per heavy atom. The van der Waals surface area contributed by atoms with Gasteiger partial charge in [-0.1, -0.05) is 12.2 Å². The first-order valence-electron chi connectivity index (χ1n) is 4.04. The van der Waals surface area contributed by atoms with Crippen molar-refractivity contribution >= 4 is 6.08 Å². The molecule has 0 bridgehead atoms. The second kappa shape index (κ2) is 4.02. The summed E-state index contributed by atoms with van der Waals surface area (Å²) in [6.45, 7) is 4.65.